The monoisotopic (exact) mass is 342 g/mol. The molecule has 0 bridgehead atoms. The molecule has 0 unspecified atom stereocenters. The summed E-state index contributed by atoms with van der Waals surface area (Å²) in [6, 6.07) is 12.6. The van der Waals surface area contributed by atoms with Crippen LogP contribution in [0.2, 0.25) is 0 Å². The number of aromatic nitrogens is 7. The topological polar surface area (TPSA) is 111 Å². The number of hydrogen-bond donors (Lipinski definition) is 2. The first-order valence-corrected chi connectivity index (χ1v) is 8.08. The molecule has 3 heterocycles. The van der Waals surface area contributed by atoms with Gasteiger partial charge in [-0.15, -0.1) is 10.2 Å². The van der Waals surface area contributed by atoms with E-state index in [0.717, 1.165) is 11.1 Å². The highest BCUT2D eigenvalue weighted by Gasteiger charge is 2.17. The Morgan fingerprint density at radius 1 is 1.15 bits per heavy atom. The number of nitrogen functional groups attached to an aromatic ring is 1. The molecule has 0 spiro atoms. The van der Waals surface area contributed by atoms with Crippen LogP contribution < -0.4 is 5.73 Å². The zero-order chi connectivity index (χ0) is 17.7. The summed E-state index contributed by atoms with van der Waals surface area (Å²) >= 11 is 0. The maximum absolute atomic E-state index is 6.06. The molecule has 0 aliphatic rings. The van der Waals surface area contributed by atoms with Crippen LogP contribution in [0.4, 0.5) is 5.82 Å². The lowest BCUT2D eigenvalue weighted by Gasteiger charge is -2.09. The van der Waals surface area contributed by atoms with Crippen molar-refractivity contribution in [3.8, 4) is 22.5 Å². The van der Waals surface area contributed by atoms with Gasteiger partial charge in [0, 0.05) is 18.0 Å². The Labute approximate surface area is 147 Å². The molecule has 0 fully saturated rings. The number of nitrogens with two attached hydrogens (primary N) is 1. The number of H-pyrrole nitrogens is 1. The normalized spacial score (nSPS) is 11.4. The summed E-state index contributed by atoms with van der Waals surface area (Å²) in [4.78, 5) is 4.58. The van der Waals surface area contributed by atoms with Crippen molar-refractivity contribution in [3.05, 3.63) is 54.4 Å². The maximum Gasteiger partial charge on any atom is 0.187 e. The number of hydrogen-bond acceptors (Lipinski definition) is 6. The highest BCUT2D eigenvalue weighted by molar-refractivity contribution is 5.97. The van der Waals surface area contributed by atoms with Gasteiger partial charge in [0.1, 0.15) is 5.56 Å². The van der Waals surface area contributed by atoms with E-state index in [9.17, 15) is 0 Å². The summed E-state index contributed by atoms with van der Waals surface area (Å²) in [5, 5.41) is 20.5. The first-order valence-electron chi connectivity index (χ1n) is 8.08. The number of benzene rings is 2. The smallest absolute Gasteiger partial charge is 0.187 e. The molecule has 0 saturated heterocycles. The van der Waals surface area contributed by atoms with Crippen molar-refractivity contribution in [3.63, 3.8) is 0 Å². The van der Waals surface area contributed by atoms with Crippen LogP contribution in [0, 0.1) is 6.92 Å². The second-order valence-electron chi connectivity index (χ2n) is 6.15. The second kappa shape index (κ2) is 5.35. The van der Waals surface area contributed by atoms with Crippen LogP contribution in [-0.2, 0) is 0 Å². The van der Waals surface area contributed by atoms with Crippen LogP contribution in [0.5, 0.6) is 0 Å². The number of tetrazole rings is 1. The predicted octanol–water partition coefficient (Wildman–Crippen LogP) is 2.62. The molecule has 8 heteroatoms. The van der Waals surface area contributed by atoms with Gasteiger partial charge in [-0.2, -0.15) is 0 Å². The van der Waals surface area contributed by atoms with Crippen molar-refractivity contribution in [2.24, 2.45) is 0 Å². The van der Waals surface area contributed by atoms with Crippen molar-refractivity contribution in [2.45, 2.75) is 6.92 Å². The fourth-order valence-corrected chi connectivity index (χ4v) is 3.28. The highest BCUT2D eigenvalue weighted by Crippen LogP contribution is 2.31. The Hall–Kier alpha value is -3.81. The van der Waals surface area contributed by atoms with Crippen LogP contribution in [-0.4, -0.2) is 35.2 Å². The second-order valence-corrected chi connectivity index (χ2v) is 6.15. The average molecular weight is 342 g/mol. The summed E-state index contributed by atoms with van der Waals surface area (Å²) in [5.74, 6) is 0.765. The molecule has 0 atom stereocenters. The van der Waals surface area contributed by atoms with E-state index < -0.39 is 0 Å². The minimum atomic E-state index is 0.322. The third-order valence-electron chi connectivity index (χ3n) is 4.40. The van der Waals surface area contributed by atoms with Gasteiger partial charge >= 0.3 is 0 Å². The molecule has 0 saturated carbocycles. The molecule has 26 heavy (non-hydrogen) atoms. The molecule has 3 aromatic heterocycles. The number of nitrogens with one attached hydrogen (secondary N) is 1. The van der Waals surface area contributed by atoms with E-state index >= 15 is 0 Å². The molecule has 0 radical (unpaired) electrons. The lowest BCUT2D eigenvalue weighted by Crippen LogP contribution is -1.93. The van der Waals surface area contributed by atoms with E-state index in [0.29, 0.717) is 22.9 Å². The lowest BCUT2D eigenvalue weighted by molar-refractivity contribution is 0.881. The summed E-state index contributed by atoms with van der Waals surface area (Å²) in [5.41, 5.74) is 10.5. The quantitative estimate of drug-likeness (QED) is 0.510. The fraction of sp³-hybridized carbons (Fsp3) is 0.0556. The van der Waals surface area contributed by atoms with Crippen molar-refractivity contribution in [1.82, 2.24) is 35.2 Å². The molecule has 8 nitrogen and oxygen atoms in total. The third-order valence-corrected chi connectivity index (χ3v) is 4.40. The van der Waals surface area contributed by atoms with E-state index in [1.54, 1.807) is 4.52 Å². The molecule has 0 amide bonds. The summed E-state index contributed by atoms with van der Waals surface area (Å²) in [6.45, 7) is 2.09. The summed E-state index contributed by atoms with van der Waals surface area (Å²) in [6.07, 6.45) is 3.75. The van der Waals surface area contributed by atoms with Gasteiger partial charge in [-0.3, -0.25) is 0 Å². The van der Waals surface area contributed by atoms with Crippen LogP contribution >= 0.6 is 0 Å². The lowest BCUT2D eigenvalue weighted by atomic mass is 9.98. The standard InChI is InChI=1S/C18H14N8/c1-10-6-11-4-2-3-5-13(11)14(7-10)12-8-20-18-15(17-21-24-25-22-17)16(19)23-26(18)9-12/h2-9H,1H3,(H2,19,23)(H,21,22,24,25). The van der Waals surface area contributed by atoms with Crippen molar-refractivity contribution in [2.75, 3.05) is 5.73 Å². The fourth-order valence-electron chi connectivity index (χ4n) is 3.28. The Bertz CT molecular complexity index is 1250. The van der Waals surface area contributed by atoms with Gasteiger partial charge in [0.15, 0.2) is 17.3 Å². The Kier molecular flexibility index (Phi) is 2.99. The number of anilines is 1. The highest BCUT2D eigenvalue weighted by atomic mass is 15.5. The molecule has 5 aromatic rings. The number of rotatable bonds is 2. The number of aromatic amines is 1. The summed E-state index contributed by atoms with van der Waals surface area (Å²) < 4.78 is 1.67. The molecule has 0 aliphatic heterocycles. The Balaban J connectivity index is 1.75. The van der Waals surface area contributed by atoms with Gasteiger partial charge < -0.3 is 5.73 Å². The number of fused-ring (bicyclic) bond motifs is 2. The molecular weight excluding hydrogens is 328 g/mol. The third kappa shape index (κ3) is 2.12. The summed E-state index contributed by atoms with van der Waals surface area (Å²) in [7, 11) is 0. The number of nitrogens with zero attached hydrogens (tertiary/aromatic N) is 6. The van der Waals surface area contributed by atoms with E-state index in [-0.39, 0.29) is 0 Å². The Morgan fingerprint density at radius 2 is 2.04 bits per heavy atom. The van der Waals surface area contributed by atoms with E-state index in [4.69, 9.17) is 5.73 Å². The molecule has 2 aromatic carbocycles. The van der Waals surface area contributed by atoms with Gasteiger partial charge in [0.2, 0.25) is 0 Å². The van der Waals surface area contributed by atoms with Crippen LogP contribution in [0.1, 0.15) is 5.56 Å². The minimum absolute atomic E-state index is 0.322. The van der Waals surface area contributed by atoms with E-state index in [1.807, 2.05) is 24.5 Å². The van der Waals surface area contributed by atoms with Crippen molar-refractivity contribution < 1.29 is 0 Å². The maximum atomic E-state index is 6.06. The van der Waals surface area contributed by atoms with Gasteiger partial charge in [0.05, 0.1) is 0 Å². The van der Waals surface area contributed by atoms with Gasteiger partial charge in [0.25, 0.3) is 0 Å². The largest absolute Gasteiger partial charge is 0.382 e. The van der Waals surface area contributed by atoms with Crippen molar-refractivity contribution in [1.29, 1.82) is 0 Å². The SMILES string of the molecule is Cc1cc(-c2cnc3c(-c4nnn[nH]4)c(N)nn3c2)c2ccccc2c1. The molecule has 126 valence electrons. The molecule has 3 N–H and O–H groups in total. The van der Waals surface area contributed by atoms with Crippen LogP contribution in [0.15, 0.2) is 48.8 Å². The molecular formula is C18H14N8. The first-order chi connectivity index (χ1) is 12.7. The minimum Gasteiger partial charge on any atom is -0.382 e. The van der Waals surface area contributed by atoms with Crippen LogP contribution in [0.25, 0.3) is 38.9 Å². The van der Waals surface area contributed by atoms with Crippen LogP contribution in [0.3, 0.4) is 0 Å². The van der Waals surface area contributed by atoms with E-state index in [1.165, 1.54) is 16.3 Å². The van der Waals surface area contributed by atoms with Gasteiger partial charge in [-0.1, -0.05) is 36.4 Å². The average Bonchev–Trinajstić information content (AvgIpc) is 3.26. The molecule has 5 rings (SSSR count). The van der Waals surface area contributed by atoms with Gasteiger partial charge in [-0.05, 0) is 39.2 Å². The zero-order valence-electron chi connectivity index (χ0n) is 13.9. The first kappa shape index (κ1) is 14.5. The predicted molar refractivity (Wildman–Crippen MR) is 98.3 cm³/mol. The zero-order valence-corrected chi connectivity index (χ0v) is 13.9. The molecule has 0 aliphatic carbocycles. The number of aryl methyl sites for hydroxylation is 1. The Morgan fingerprint density at radius 3 is 2.88 bits per heavy atom. The van der Waals surface area contributed by atoms with Gasteiger partial charge in [-0.25, -0.2) is 14.6 Å². The van der Waals surface area contributed by atoms with Crippen molar-refractivity contribution >= 4 is 22.2 Å². The van der Waals surface area contributed by atoms with E-state index in [2.05, 4.69) is 61.9 Å².